The maximum absolute atomic E-state index is 13.3. The first-order valence-electron chi connectivity index (χ1n) is 7.20. The Morgan fingerprint density at radius 2 is 2.19 bits per heavy atom. The summed E-state index contributed by atoms with van der Waals surface area (Å²) in [5.74, 6) is -0.00465. The minimum absolute atomic E-state index is 0.0170. The Morgan fingerprint density at radius 1 is 1.43 bits per heavy atom. The lowest BCUT2D eigenvalue weighted by molar-refractivity contribution is 0.100. The van der Waals surface area contributed by atoms with Gasteiger partial charge in [-0.25, -0.2) is 12.8 Å². The van der Waals surface area contributed by atoms with Gasteiger partial charge in [0.2, 0.25) is 10.0 Å². The SMILES string of the molecule is CC(C)C[C@H]1COCCS(=O)(=O)N1Cc1cccc(F)c1. The largest absolute Gasteiger partial charge is 0.379 e. The van der Waals surface area contributed by atoms with Crippen LogP contribution in [0.2, 0.25) is 0 Å². The van der Waals surface area contributed by atoms with Gasteiger partial charge in [0.1, 0.15) is 5.82 Å². The molecule has 1 fully saturated rings. The molecule has 21 heavy (non-hydrogen) atoms. The summed E-state index contributed by atoms with van der Waals surface area (Å²) in [5.41, 5.74) is 0.661. The van der Waals surface area contributed by atoms with Crippen LogP contribution < -0.4 is 0 Å². The number of halogens is 1. The van der Waals surface area contributed by atoms with E-state index in [-0.39, 0.29) is 30.8 Å². The van der Waals surface area contributed by atoms with Gasteiger partial charge in [0.05, 0.1) is 19.0 Å². The molecule has 0 N–H and O–H groups in total. The third kappa shape index (κ3) is 4.49. The topological polar surface area (TPSA) is 46.6 Å². The Hall–Kier alpha value is -0.980. The van der Waals surface area contributed by atoms with Crippen molar-refractivity contribution in [2.75, 3.05) is 19.0 Å². The van der Waals surface area contributed by atoms with Crippen LogP contribution in [-0.4, -0.2) is 37.7 Å². The van der Waals surface area contributed by atoms with Gasteiger partial charge in [-0.1, -0.05) is 26.0 Å². The Kier molecular flexibility index (Phi) is 5.35. The van der Waals surface area contributed by atoms with Crippen LogP contribution in [0.15, 0.2) is 24.3 Å². The number of benzene rings is 1. The van der Waals surface area contributed by atoms with Crippen LogP contribution in [0.4, 0.5) is 4.39 Å². The summed E-state index contributed by atoms with van der Waals surface area (Å²) in [6.07, 6.45) is 0.731. The van der Waals surface area contributed by atoms with Gasteiger partial charge in [0.25, 0.3) is 0 Å². The molecule has 0 radical (unpaired) electrons. The average Bonchev–Trinajstić information content (AvgIpc) is 2.51. The molecule has 0 saturated carbocycles. The first-order valence-corrected chi connectivity index (χ1v) is 8.81. The lowest BCUT2D eigenvalue weighted by atomic mass is 10.0. The second kappa shape index (κ2) is 6.85. The fourth-order valence-electron chi connectivity index (χ4n) is 2.58. The molecule has 4 nitrogen and oxygen atoms in total. The van der Waals surface area contributed by atoms with Crippen molar-refractivity contribution in [3.05, 3.63) is 35.6 Å². The number of hydrogen-bond donors (Lipinski definition) is 0. The fraction of sp³-hybridized carbons (Fsp3) is 0.600. The molecule has 1 aromatic carbocycles. The van der Waals surface area contributed by atoms with E-state index in [0.29, 0.717) is 18.1 Å². The standard InChI is InChI=1S/C15H22FNO3S/c1-12(2)8-15-11-20-6-7-21(18,19)17(15)10-13-4-3-5-14(16)9-13/h3-5,9,12,15H,6-8,10-11H2,1-2H3/t15-/m0/s1. The molecule has 1 aliphatic rings. The summed E-state index contributed by atoms with van der Waals surface area (Å²) in [7, 11) is -3.38. The van der Waals surface area contributed by atoms with E-state index in [9.17, 15) is 12.8 Å². The van der Waals surface area contributed by atoms with Gasteiger partial charge >= 0.3 is 0 Å². The van der Waals surface area contributed by atoms with E-state index in [4.69, 9.17) is 4.74 Å². The quantitative estimate of drug-likeness (QED) is 0.857. The van der Waals surface area contributed by atoms with E-state index in [1.165, 1.54) is 16.4 Å². The lowest BCUT2D eigenvalue weighted by Crippen LogP contribution is -2.42. The Morgan fingerprint density at radius 3 is 2.86 bits per heavy atom. The molecule has 0 amide bonds. The van der Waals surface area contributed by atoms with Gasteiger partial charge in [-0.3, -0.25) is 0 Å². The van der Waals surface area contributed by atoms with Gasteiger partial charge in [-0.05, 0) is 30.0 Å². The first kappa shape index (κ1) is 16.4. The van der Waals surface area contributed by atoms with Crippen LogP contribution in [0, 0.1) is 11.7 Å². The van der Waals surface area contributed by atoms with Gasteiger partial charge < -0.3 is 4.74 Å². The van der Waals surface area contributed by atoms with E-state index < -0.39 is 10.0 Å². The fourth-order valence-corrected chi connectivity index (χ4v) is 4.09. The molecule has 6 heteroatoms. The van der Waals surface area contributed by atoms with Crippen molar-refractivity contribution in [1.82, 2.24) is 4.31 Å². The monoisotopic (exact) mass is 315 g/mol. The van der Waals surface area contributed by atoms with E-state index in [0.717, 1.165) is 6.42 Å². The number of rotatable bonds is 4. The molecule has 1 atom stereocenters. The van der Waals surface area contributed by atoms with Gasteiger partial charge in [-0.2, -0.15) is 4.31 Å². The minimum Gasteiger partial charge on any atom is -0.379 e. The van der Waals surface area contributed by atoms with E-state index in [1.54, 1.807) is 12.1 Å². The van der Waals surface area contributed by atoms with Crippen molar-refractivity contribution in [3.8, 4) is 0 Å². The van der Waals surface area contributed by atoms with Crippen molar-refractivity contribution in [2.24, 2.45) is 5.92 Å². The Labute approximate surface area is 126 Å². The Balaban J connectivity index is 2.27. The highest BCUT2D eigenvalue weighted by Crippen LogP contribution is 2.22. The van der Waals surface area contributed by atoms with Crippen LogP contribution in [0.5, 0.6) is 0 Å². The number of ether oxygens (including phenoxy) is 1. The van der Waals surface area contributed by atoms with Crippen LogP contribution in [0.25, 0.3) is 0 Å². The second-order valence-corrected chi connectivity index (χ2v) is 7.89. The van der Waals surface area contributed by atoms with Gasteiger partial charge in [0, 0.05) is 12.6 Å². The van der Waals surface area contributed by atoms with Crippen molar-refractivity contribution in [1.29, 1.82) is 0 Å². The summed E-state index contributed by atoms with van der Waals surface area (Å²) in [4.78, 5) is 0. The third-order valence-electron chi connectivity index (χ3n) is 3.53. The van der Waals surface area contributed by atoms with E-state index in [1.807, 2.05) is 0 Å². The molecule has 118 valence electrons. The van der Waals surface area contributed by atoms with Crippen molar-refractivity contribution in [2.45, 2.75) is 32.9 Å². The van der Waals surface area contributed by atoms with Gasteiger partial charge in [-0.15, -0.1) is 0 Å². The van der Waals surface area contributed by atoms with Crippen LogP contribution >= 0.6 is 0 Å². The molecular formula is C15H22FNO3S. The number of hydrogen-bond acceptors (Lipinski definition) is 3. The maximum Gasteiger partial charge on any atom is 0.217 e. The average molecular weight is 315 g/mol. The molecule has 1 aliphatic heterocycles. The van der Waals surface area contributed by atoms with Crippen LogP contribution in [-0.2, 0) is 21.3 Å². The molecular weight excluding hydrogens is 293 g/mol. The zero-order valence-electron chi connectivity index (χ0n) is 12.5. The number of sulfonamides is 1. The zero-order chi connectivity index (χ0) is 15.5. The zero-order valence-corrected chi connectivity index (χ0v) is 13.3. The van der Waals surface area contributed by atoms with Crippen LogP contribution in [0.3, 0.4) is 0 Å². The molecule has 1 aromatic rings. The summed E-state index contributed by atoms with van der Waals surface area (Å²) in [6, 6.07) is 5.89. The smallest absolute Gasteiger partial charge is 0.217 e. The van der Waals surface area contributed by atoms with Crippen molar-refractivity contribution in [3.63, 3.8) is 0 Å². The molecule has 0 aliphatic carbocycles. The molecule has 2 rings (SSSR count). The minimum atomic E-state index is -3.38. The highest BCUT2D eigenvalue weighted by Gasteiger charge is 2.33. The molecule has 1 saturated heterocycles. The predicted octanol–water partition coefficient (Wildman–Crippen LogP) is 2.40. The summed E-state index contributed by atoms with van der Waals surface area (Å²) in [6.45, 7) is 4.92. The highest BCUT2D eigenvalue weighted by atomic mass is 32.2. The summed E-state index contributed by atoms with van der Waals surface area (Å²) >= 11 is 0. The van der Waals surface area contributed by atoms with E-state index in [2.05, 4.69) is 13.8 Å². The second-order valence-electron chi connectivity index (χ2n) is 5.85. The van der Waals surface area contributed by atoms with Crippen molar-refractivity contribution < 1.29 is 17.5 Å². The summed E-state index contributed by atoms with van der Waals surface area (Å²) in [5, 5.41) is 0. The first-order chi connectivity index (χ1) is 9.88. The summed E-state index contributed by atoms with van der Waals surface area (Å²) < 4.78 is 45.1. The molecule has 0 spiro atoms. The lowest BCUT2D eigenvalue weighted by Gasteiger charge is -2.29. The molecule has 0 bridgehead atoms. The third-order valence-corrected chi connectivity index (χ3v) is 5.36. The normalized spacial score (nSPS) is 23.1. The van der Waals surface area contributed by atoms with Crippen LogP contribution in [0.1, 0.15) is 25.8 Å². The van der Waals surface area contributed by atoms with Crippen molar-refractivity contribution >= 4 is 10.0 Å². The highest BCUT2D eigenvalue weighted by molar-refractivity contribution is 7.89. The molecule has 0 aromatic heterocycles. The van der Waals surface area contributed by atoms with E-state index >= 15 is 0 Å². The molecule has 1 heterocycles. The predicted molar refractivity (Wildman–Crippen MR) is 79.8 cm³/mol. The maximum atomic E-state index is 13.3. The molecule has 0 unspecified atom stereocenters. The Bertz CT molecular complexity index is 574. The number of nitrogens with zero attached hydrogens (tertiary/aromatic N) is 1. The van der Waals surface area contributed by atoms with Gasteiger partial charge in [0.15, 0.2) is 0 Å².